The van der Waals surface area contributed by atoms with Gasteiger partial charge in [-0.05, 0) is 36.2 Å². The van der Waals surface area contributed by atoms with E-state index in [0.29, 0.717) is 12.5 Å². The molecular weight excluding hydrogens is 470 g/mol. The lowest BCUT2D eigenvalue weighted by atomic mass is 10.1. The maximum absolute atomic E-state index is 14.0. The van der Waals surface area contributed by atoms with Gasteiger partial charge in [-0.2, -0.15) is 4.31 Å². The Kier molecular flexibility index (Phi) is 6.91. The fraction of sp³-hybridized carbons (Fsp3) is 0.273. The average molecular weight is 493 g/mol. The monoisotopic (exact) mass is 492 g/mol. The minimum absolute atomic E-state index is 0.00643. The zero-order chi connectivity index (χ0) is 24.3. The van der Waals surface area contributed by atoms with Gasteiger partial charge in [0.1, 0.15) is 22.8 Å². The van der Waals surface area contributed by atoms with Crippen molar-refractivity contribution in [3.05, 3.63) is 65.9 Å². The number of hydrogen-bond donors (Lipinski definition) is 3. The summed E-state index contributed by atoms with van der Waals surface area (Å²) in [6.45, 7) is -0.249. The molecule has 2 amide bonds. The SMILES string of the molecule is O=C(NCCc1c[nH]c2ccccc12)C(=O)NC[C@H]1OCCN1S(=O)(=O)c1cc(F)ccc1F. The second kappa shape index (κ2) is 9.87. The van der Waals surface area contributed by atoms with Gasteiger partial charge in [-0.15, -0.1) is 0 Å². The van der Waals surface area contributed by atoms with Crippen LogP contribution in [-0.2, 0) is 30.8 Å². The molecule has 0 aliphatic carbocycles. The van der Waals surface area contributed by atoms with E-state index in [1.165, 1.54) is 0 Å². The molecule has 1 atom stereocenters. The number of sulfonamides is 1. The summed E-state index contributed by atoms with van der Waals surface area (Å²) in [7, 11) is -4.43. The van der Waals surface area contributed by atoms with Crippen molar-refractivity contribution in [3.63, 3.8) is 0 Å². The fourth-order valence-corrected chi connectivity index (χ4v) is 5.32. The number of carbonyl (C=O) groups excluding carboxylic acids is 2. The smallest absolute Gasteiger partial charge is 0.309 e. The third kappa shape index (κ3) is 4.93. The largest absolute Gasteiger partial charge is 0.361 e. The number of nitrogens with one attached hydrogen (secondary N) is 3. The molecule has 0 bridgehead atoms. The molecule has 0 spiro atoms. The van der Waals surface area contributed by atoms with Gasteiger partial charge in [-0.25, -0.2) is 17.2 Å². The Bertz CT molecular complexity index is 1330. The number of aromatic amines is 1. The first-order valence-electron chi connectivity index (χ1n) is 10.5. The molecule has 1 aliphatic heterocycles. The number of benzene rings is 2. The van der Waals surface area contributed by atoms with Crippen LogP contribution >= 0.6 is 0 Å². The van der Waals surface area contributed by atoms with Crippen LogP contribution in [-0.4, -0.2) is 62.0 Å². The highest BCUT2D eigenvalue weighted by Crippen LogP contribution is 2.25. The molecule has 3 N–H and O–H groups in total. The van der Waals surface area contributed by atoms with Crippen LogP contribution in [0.3, 0.4) is 0 Å². The summed E-state index contributed by atoms with van der Waals surface area (Å²) in [5, 5.41) is 5.86. The number of aromatic nitrogens is 1. The van der Waals surface area contributed by atoms with Crippen molar-refractivity contribution in [1.29, 1.82) is 0 Å². The first kappa shape index (κ1) is 23.8. The Hall–Kier alpha value is -3.35. The zero-order valence-corrected chi connectivity index (χ0v) is 18.7. The van der Waals surface area contributed by atoms with E-state index in [-0.39, 0.29) is 26.2 Å². The third-order valence-electron chi connectivity index (χ3n) is 5.42. The standard InChI is InChI=1S/C22H22F2N4O5S/c23-15-5-6-17(24)19(11-15)34(31,32)28-9-10-33-20(28)13-27-22(30)21(29)25-8-7-14-12-26-18-4-2-1-3-16(14)18/h1-6,11-12,20,26H,7-10,13H2,(H,25,29)(H,27,30)/t20-/m1/s1. The molecule has 0 radical (unpaired) electrons. The highest BCUT2D eigenvalue weighted by Gasteiger charge is 2.38. The number of amides is 2. The van der Waals surface area contributed by atoms with Gasteiger partial charge in [0.05, 0.1) is 13.2 Å². The number of H-pyrrole nitrogens is 1. The van der Waals surface area contributed by atoms with Crippen LogP contribution in [0.2, 0.25) is 0 Å². The number of hydrogen-bond acceptors (Lipinski definition) is 5. The van der Waals surface area contributed by atoms with E-state index >= 15 is 0 Å². The van der Waals surface area contributed by atoms with Gasteiger partial charge in [0, 0.05) is 30.2 Å². The molecular formula is C22H22F2N4O5S. The molecule has 3 aromatic rings. The van der Waals surface area contributed by atoms with Crippen molar-refractivity contribution in [1.82, 2.24) is 19.9 Å². The normalized spacial score (nSPS) is 16.6. The lowest BCUT2D eigenvalue weighted by Gasteiger charge is -2.23. The number of carbonyl (C=O) groups is 2. The highest BCUT2D eigenvalue weighted by molar-refractivity contribution is 7.89. The molecule has 12 heteroatoms. The summed E-state index contributed by atoms with van der Waals surface area (Å²) in [5.41, 5.74) is 1.96. The predicted molar refractivity (Wildman–Crippen MR) is 118 cm³/mol. The van der Waals surface area contributed by atoms with Crippen LogP contribution in [0.5, 0.6) is 0 Å². The Morgan fingerprint density at radius 1 is 1.12 bits per heavy atom. The van der Waals surface area contributed by atoms with Gasteiger partial charge < -0.3 is 20.4 Å². The van der Waals surface area contributed by atoms with E-state index in [9.17, 15) is 26.8 Å². The maximum Gasteiger partial charge on any atom is 0.309 e. The molecule has 1 aliphatic rings. The average Bonchev–Trinajstić information content (AvgIpc) is 3.46. The molecule has 0 saturated carbocycles. The van der Waals surface area contributed by atoms with Gasteiger partial charge in [-0.3, -0.25) is 9.59 Å². The summed E-state index contributed by atoms with van der Waals surface area (Å²) in [6.07, 6.45) is 1.17. The Balaban J connectivity index is 1.31. The van der Waals surface area contributed by atoms with Crippen LogP contribution in [0.1, 0.15) is 5.56 Å². The van der Waals surface area contributed by atoms with Crippen LogP contribution in [0.4, 0.5) is 8.78 Å². The molecule has 0 unspecified atom stereocenters. The number of ether oxygens (including phenoxy) is 1. The van der Waals surface area contributed by atoms with E-state index in [4.69, 9.17) is 4.74 Å². The summed E-state index contributed by atoms with van der Waals surface area (Å²) in [5.74, 6) is -3.87. The minimum atomic E-state index is -4.43. The Morgan fingerprint density at radius 3 is 2.71 bits per heavy atom. The molecule has 4 rings (SSSR count). The lowest BCUT2D eigenvalue weighted by Crippen LogP contribution is -2.47. The Morgan fingerprint density at radius 2 is 1.88 bits per heavy atom. The topological polar surface area (TPSA) is 121 Å². The van der Waals surface area contributed by atoms with E-state index in [1.54, 1.807) is 0 Å². The van der Waals surface area contributed by atoms with Crippen molar-refractivity contribution in [3.8, 4) is 0 Å². The first-order valence-corrected chi connectivity index (χ1v) is 11.9. The predicted octanol–water partition coefficient (Wildman–Crippen LogP) is 1.27. The van der Waals surface area contributed by atoms with Crippen molar-refractivity contribution < 1.29 is 31.5 Å². The molecule has 9 nitrogen and oxygen atoms in total. The van der Waals surface area contributed by atoms with Gasteiger partial charge in [-0.1, -0.05) is 18.2 Å². The molecule has 1 fully saturated rings. The van der Waals surface area contributed by atoms with Crippen LogP contribution < -0.4 is 10.6 Å². The van der Waals surface area contributed by atoms with Crippen molar-refractivity contribution in [2.75, 3.05) is 26.2 Å². The summed E-state index contributed by atoms with van der Waals surface area (Å²) >= 11 is 0. The maximum atomic E-state index is 14.0. The van der Waals surface area contributed by atoms with E-state index in [1.807, 2.05) is 30.5 Å². The second-order valence-corrected chi connectivity index (χ2v) is 9.45. The summed E-state index contributed by atoms with van der Waals surface area (Å²) in [6, 6.07) is 9.81. The number of halogens is 2. The molecule has 2 heterocycles. The minimum Gasteiger partial charge on any atom is -0.361 e. The van der Waals surface area contributed by atoms with E-state index in [0.717, 1.165) is 32.9 Å². The number of nitrogens with zero attached hydrogens (tertiary/aromatic N) is 1. The zero-order valence-electron chi connectivity index (χ0n) is 17.9. The third-order valence-corrected chi connectivity index (χ3v) is 7.33. The van der Waals surface area contributed by atoms with Gasteiger partial charge >= 0.3 is 11.8 Å². The molecule has 2 aromatic carbocycles. The summed E-state index contributed by atoms with van der Waals surface area (Å²) < 4.78 is 59.2. The second-order valence-electron chi connectivity index (χ2n) is 7.59. The van der Waals surface area contributed by atoms with E-state index < -0.39 is 44.6 Å². The van der Waals surface area contributed by atoms with Crippen LogP contribution in [0.25, 0.3) is 10.9 Å². The lowest BCUT2D eigenvalue weighted by molar-refractivity contribution is -0.139. The Labute approximate surface area is 194 Å². The number of rotatable bonds is 7. The molecule has 34 heavy (non-hydrogen) atoms. The summed E-state index contributed by atoms with van der Waals surface area (Å²) in [4.78, 5) is 26.6. The van der Waals surface area contributed by atoms with Crippen LogP contribution in [0.15, 0.2) is 53.6 Å². The van der Waals surface area contributed by atoms with Gasteiger partial charge in [0.25, 0.3) is 0 Å². The van der Waals surface area contributed by atoms with Crippen molar-refractivity contribution in [2.45, 2.75) is 17.5 Å². The molecule has 1 saturated heterocycles. The fourth-order valence-electron chi connectivity index (χ4n) is 3.73. The first-order chi connectivity index (χ1) is 16.3. The van der Waals surface area contributed by atoms with Crippen LogP contribution in [0, 0.1) is 11.6 Å². The highest BCUT2D eigenvalue weighted by atomic mass is 32.2. The molecule has 1 aromatic heterocycles. The van der Waals surface area contributed by atoms with Gasteiger partial charge in [0.15, 0.2) is 0 Å². The quantitative estimate of drug-likeness (QED) is 0.429. The van der Waals surface area contributed by atoms with Gasteiger partial charge in [0.2, 0.25) is 10.0 Å². The van der Waals surface area contributed by atoms with Crippen molar-refractivity contribution in [2.24, 2.45) is 0 Å². The van der Waals surface area contributed by atoms with E-state index in [2.05, 4.69) is 15.6 Å². The van der Waals surface area contributed by atoms with Crippen molar-refractivity contribution >= 4 is 32.7 Å². The number of fused-ring (bicyclic) bond motifs is 1. The molecule has 180 valence electrons. The number of para-hydroxylation sites is 1.